The fourth-order valence-electron chi connectivity index (χ4n) is 2.65. The summed E-state index contributed by atoms with van der Waals surface area (Å²) in [6.45, 7) is 3.07. The summed E-state index contributed by atoms with van der Waals surface area (Å²) in [4.78, 5) is 11.8. The average molecular weight is 240 g/mol. The number of rotatable bonds is 6. The van der Waals surface area contributed by atoms with Gasteiger partial charge in [-0.2, -0.15) is 0 Å². The Labute approximate surface area is 103 Å². The van der Waals surface area contributed by atoms with Crippen molar-refractivity contribution in [3.63, 3.8) is 0 Å². The van der Waals surface area contributed by atoms with E-state index in [1.807, 2.05) is 0 Å². The largest absolute Gasteiger partial charge is 0.396 e. The molecule has 1 heterocycles. The van der Waals surface area contributed by atoms with Crippen molar-refractivity contribution in [1.82, 2.24) is 10.6 Å². The van der Waals surface area contributed by atoms with Gasteiger partial charge >= 0.3 is 0 Å². The smallest absolute Gasteiger partial charge is 0.220 e. The average Bonchev–Trinajstić information content (AvgIpc) is 3.09. The molecule has 17 heavy (non-hydrogen) atoms. The van der Waals surface area contributed by atoms with Crippen LogP contribution in [0.5, 0.6) is 0 Å². The molecule has 0 radical (unpaired) electrons. The van der Waals surface area contributed by atoms with Crippen LogP contribution >= 0.6 is 0 Å². The van der Waals surface area contributed by atoms with Gasteiger partial charge < -0.3 is 15.7 Å². The van der Waals surface area contributed by atoms with Gasteiger partial charge in [-0.1, -0.05) is 0 Å². The van der Waals surface area contributed by atoms with Crippen molar-refractivity contribution in [1.29, 1.82) is 0 Å². The van der Waals surface area contributed by atoms with E-state index in [2.05, 4.69) is 10.6 Å². The van der Waals surface area contributed by atoms with Gasteiger partial charge in [-0.3, -0.25) is 4.79 Å². The van der Waals surface area contributed by atoms with Crippen LogP contribution in [0.1, 0.15) is 38.5 Å². The summed E-state index contributed by atoms with van der Waals surface area (Å²) in [5.74, 6) is 0.694. The molecule has 98 valence electrons. The highest BCUT2D eigenvalue weighted by Gasteiger charge is 2.41. The second kappa shape index (κ2) is 5.83. The van der Waals surface area contributed by atoms with Crippen molar-refractivity contribution in [3.05, 3.63) is 0 Å². The first-order chi connectivity index (χ1) is 8.24. The molecule has 0 spiro atoms. The van der Waals surface area contributed by atoms with Gasteiger partial charge in [0.15, 0.2) is 0 Å². The molecule has 1 atom stereocenters. The Kier molecular flexibility index (Phi) is 4.40. The van der Waals surface area contributed by atoms with E-state index in [0.29, 0.717) is 12.3 Å². The van der Waals surface area contributed by atoms with Crippen molar-refractivity contribution >= 4 is 5.91 Å². The van der Waals surface area contributed by atoms with Gasteiger partial charge in [0.05, 0.1) is 0 Å². The Morgan fingerprint density at radius 2 is 2.29 bits per heavy atom. The second-order valence-electron chi connectivity index (χ2n) is 5.67. The quantitative estimate of drug-likeness (QED) is 0.639. The lowest BCUT2D eigenvalue weighted by molar-refractivity contribution is -0.122. The van der Waals surface area contributed by atoms with Crippen LogP contribution in [-0.4, -0.2) is 37.3 Å². The number of amides is 1. The number of hydrogen-bond acceptors (Lipinski definition) is 3. The minimum atomic E-state index is 0.183. The molecule has 1 amide bonds. The molecule has 1 saturated heterocycles. The van der Waals surface area contributed by atoms with Crippen molar-refractivity contribution in [2.75, 3.05) is 26.2 Å². The first kappa shape index (κ1) is 12.8. The molecule has 0 aromatic heterocycles. The molecule has 1 aliphatic carbocycles. The van der Waals surface area contributed by atoms with Gasteiger partial charge in [0, 0.05) is 19.6 Å². The topological polar surface area (TPSA) is 61.4 Å². The molecule has 2 rings (SSSR count). The van der Waals surface area contributed by atoms with Crippen LogP contribution in [-0.2, 0) is 4.79 Å². The third-order valence-corrected chi connectivity index (χ3v) is 4.13. The number of nitrogens with one attached hydrogen (secondary N) is 2. The standard InChI is InChI=1S/C13H24N2O2/c16-7-5-13(3-4-13)10-15-12(17)8-11-2-1-6-14-9-11/h11,14,16H,1-10H2,(H,15,17). The molecule has 0 aromatic carbocycles. The highest BCUT2D eigenvalue weighted by atomic mass is 16.3. The van der Waals surface area contributed by atoms with E-state index in [-0.39, 0.29) is 17.9 Å². The molecule has 0 aromatic rings. The summed E-state index contributed by atoms with van der Waals surface area (Å²) in [5.41, 5.74) is 0.231. The number of hydrogen-bond donors (Lipinski definition) is 3. The van der Waals surface area contributed by atoms with Crippen LogP contribution in [0, 0.1) is 11.3 Å². The lowest BCUT2D eigenvalue weighted by Crippen LogP contribution is -2.36. The van der Waals surface area contributed by atoms with Crippen molar-refractivity contribution < 1.29 is 9.90 Å². The number of aliphatic hydroxyl groups is 1. The van der Waals surface area contributed by atoms with E-state index in [0.717, 1.165) is 38.9 Å². The fraction of sp³-hybridized carbons (Fsp3) is 0.923. The first-order valence-corrected chi connectivity index (χ1v) is 6.82. The second-order valence-corrected chi connectivity index (χ2v) is 5.67. The van der Waals surface area contributed by atoms with E-state index in [4.69, 9.17) is 5.11 Å². The third kappa shape index (κ3) is 3.96. The van der Waals surface area contributed by atoms with E-state index in [9.17, 15) is 4.79 Å². The number of carbonyl (C=O) groups excluding carboxylic acids is 1. The van der Waals surface area contributed by atoms with E-state index >= 15 is 0 Å². The molecule has 1 unspecified atom stereocenters. The van der Waals surface area contributed by atoms with E-state index in [1.165, 1.54) is 12.8 Å². The SMILES string of the molecule is O=C(CC1CCCNC1)NCC1(CCO)CC1. The normalized spacial score (nSPS) is 26.5. The van der Waals surface area contributed by atoms with E-state index < -0.39 is 0 Å². The molecule has 4 nitrogen and oxygen atoms in total. The summed E-state index contributed by atoms with van der Waals surface area (Å²) >= 11 is 0. The number of carbonyl (C=O) groups is 1. The van der Waals surface area contributed by atoms with Crippen molar-refractivity contribution in [3.8, 4) is 0 Å². The molecule has 1 saturated carbocycles. The summed E-state index contributed by atoms with van der Waals surface area (Å²) in [6, 6.07) is 0. The van der Waals surface area contributed by atoms with Crippen LogP contribution in [0.4, 0.5) is 0 Å². The number of aliphatic hydroxyl groups excluding tert-OH is 1. The summed E-state index contributed by atoms with van der Waals surface area (Å²) in [7, 11) is 0. The molecular formula is C13H24N2O2. The Hall–Kier alpha value is -0.610. The molecule has 2 aliphatic rings. The van der Waals surface area contributed by atoms with E-state index in [1.54, 1.807) is 0 Å². The Morgan fingerprint density at radius 1 is 1.47 bits per heavy atom. The zero-order valence-electron chi connectivity index (χ0n) is 10.5. The third-order valence-electron chi connectivity index (χ3n) is 4.13. The summed E-state index contributed by atoms with van der Waals surface area (Å²) in [6.07, 6.45) is 6.15. The minimum absolute atomic E-state index is 0.183. The maximum absolute atomic E-state index is 11.8. The van der Waals surface area contributed by atoms with Gasteiger partial charge in [-0.05, 0) is 56.5 Å². The van der Waals surface area contributed by atoms with Crippen LogP contribution in [0.2, 0.25) is 0 Å². The van der Waals surface area contributed by atoms with Crippen LogP contribution < -0.4 is 10.6 Å². The van der Waals surface area contributed by atoms with Gasteiger partial charge in [-0.25, -0.2) is 0 Å². The molecule has 1 aliphatic heterocycles. The highest BCUT2D eigenvalue weighted by molar-refractivity contribution is 5.76. The predicted octanol–water partition coefficient (Wildman–Crippen LogP) is 0.655. The van der Waals surface area contributed by atoms with Gasteiger partial charge in [0.2, 0.25) is 5.91 Å². The molecule has 2 fully saturated rings. The van der Waals surface area contributed by atoms with Crippen molar-refractivity contribution in [2.24, 2.45) is 11.3 Å². The lowest BCUT2D eigenvalue weighted by atomic mass is 9.95. The lowest BCUT2D eigenvalue weighted by Gasteiger charge is -2.22. The first-order valence-electron chi connectivity index (χ1n) is 6.82. The fourth-order valence-corrected chi connectivity index (χ4v) is 2.65. The van der Waals surface area contributed by atoms with Crippen LogP contribution in [0.15, 0.2) is 0 Å². The Balaban J connectivity index is 1.63. The molecule has 0 bridgehead atoms. The maximum atomic E-state index is 11.8. The van der Waals surface area contributed by atoms with Gasteiger partial charge in [0.1, 0.15) is 0 Å². The highest BCUT2D eigenvalue weighted by Crippen LogP contribution is 2.47. The number of piperidine rings is 1. The predicted molar refractivity (Wildman–Crippen MR) is 66.6 cm³/mol. The summed E-state index contributed by atoms with van der Waals surface area (Å²) in [5, 5.41) is 15.3. The van der Waals surface area contributed by atoms with Crippen molar-refractivity contribution in [2.45, 2.75) is 38.5 Å². The monoisotopic (exact) mass is 240 g/mol. The molecule has 3 N–H and O–H groups in total. The molecule has 4 heteroatoms. The zero-order valence-corrected chi connectivity index (χ0v) is 10.5. The summed E-state index contributed by atoms with van der Waals surface area (Å²) < 4.78 is 0. The Morgan fingerprint density at radius 3 is 2.88 bits per heavy atom. The van der Waals surface area contributed by atoms with Crippen LogP contribution in [0.3, 0.4) is 0 Å². The Bertz CT molecular complexity index is 258. The zero-order chi connectivity index (χ0) is 12.1. The maximum Gasteiger partial charge on any atom is 0.220 e. The van der Waals surface area contributed by atoms with Crippen LogP contribution in [0.25, 0.3) is 0 Å². The molecular weight excluding hydrogens is 216 g/mol. The van der Waals surface area contributed by atoms with Gasteiger partial charge in [-0.15, -0.1) is 0 Å². The van der Waals surface area contributed by atoms with Gasteiger partial charge in [0.25, 0.3) is 0 Å². The minimum Gasteiger partial charge on any atom is -0.396 e.